The van der Waals surface area contributed by atoms with Crippen molar-refractivity contribution < 1.29 is 4.99 Å². The first-order chi connectivity index (χ1) is 6.72. The SMILES string of the molecule is CCC(=Nc1ccccc1)[NH+]=C(N)N. The zero-order chi connectivity index (χ0) is 10.4. The molecule has 4 nitrogen and oxygen atoms in total. The van der Waals surface area contributed by atoms with Crippen LogP contribution in [0.1, 0.15) is 13.3 Å². The number of nitrogens with zero attached hydrogens (tertiary/aromatic N) is 1. The first-order valence-corrected chi connectivity index (χ1v) is 4.50. The number of para-hydroxylation sites is 1. The van der Waals surface area contributed by atoms with Gasteiger partial charge >= 0.3 is 5.96 Å². The second-order valence-electron chi connectivity index (χ2n) is 2.83. The van der Waals surface area contributed by atoms with Crippen LogP contribution < -0.4 is 16.5 Å². The Bertz CT molecular complexity index is 336. The molecule has 0 saturated carbocycles. The Labute approximate surface area is 83.4 Å². The molecule has 0 unspecified atom stereocenters. The lowest BCUT2D eigenvalue weighted by Gasteiger charge is -1.93. The fourth-order valence-corrected chi connectivity index (χ4v) is 1.02. The van der Waals surface area contributed by atoms with E-state index >= 15 is 0 Å². The Morgan fingerprint density at radius 3 is 2.43 bits per heavy atom. The maximum atomic E-state index is 5.33. The van der Waals surface area contributed by atoms with Gasteiger partial charge in [-0.3, -0.25) is 0 Å². The van der Waals surface area contributed by atoms with E-state index in [1.807, 2.05) is 37.3 Å². The lowest BCUT2D eigenvalue weighted by molar-refractivity contribution is -0.321. The summed E-state index contributed by atoms with van der Waals surface area (Å²) >= 11 is 0. The van der Waals surface area contributed by atoms with Gasteiger partial charge in [-0.15, -0.1) is 4.99 Å². The highest BCUT2D eigenvalue weighted by molar-refractivity contribution is 5.81. The molecule has 1 rings (SSSR count). The maximum Gasteiger partial charge on any atom is 0.302 e. The minimum Gasteiger partial charge on any atom is -0.311 e. The molecule has 0 atom stereocenters. The topological polar surface area (TPSA) is 78.4 Å². The quantitative estimate of drug-likeness (QED) is 0.434. The van der Waals surface area contributed by atoms with Crippen LogP contribution in [0.15, 0.2) is 35.3 Å². The molecule has 0 spiro atoms. The molecule has 14 heavy (non-hydrogen) atoms. The smallest absolute Gasteiger partial charge is 0.302 e. The molecule has 0 saturated heterocycles. The first-order valence-electron chi connectivity index (χ1n) is 4.50. The maximum absolute atomic E-state index is 5.33. The van der Waals surface area contributed by atoms with Crippen LogP contribution in [0.4, 0.5) is 5.69 Å². The van der Waals surface area contributed by atoms with Gasteiger partial charge < -0.3 is 11.5 Å². The number of guanidine groups is 1. The van der Waals surface area contributed by atoms with E-state index < -0.39 is 0 Å². The molecule has 0 fully saturated rings. The summed E-state index contributed by atoms with van der Waals surface area (Å²) in [5, 5.41) is 0. The van der Waals surface area contributed by atoms with Crippen molar-refractivity contribution in [3.8, 4) is 0 Å². The van der Waals surface area contributed by atoms with Crippen molar-refractivity contribution in [3.05, 3.63) is 30.3 Å². The Morgan fingerprint density at radius 1 is 1.29 bits per heavy atom. The highest BCUT2D eigenvalue weighted by atomic mass is 15.0. The average molecular weight is 191 g/mol. The fourth-order valence-electron chi connectivity index (χ4n) is 1.02. The molecular weight excluding hydrogens is 176 g/mol. The van der Waals surface area contributed by atoms with Crippen LogP contribution in [-0.4, -0.2) is 11.8 Å². The zero-order valence-electron chi connectivity index (χ0n) is 8.20. The summed E-state index contributed by atoms with van der Waals surface area (Å²) in [6.07, 6.45) is 0.757. The van der Waals surface area contributed by atoms with E-state index in [1.165, 1.54) is 0 Å². The molecule has 5 N–H and O–H groups in total. The van der Waals surface area contributed by atoms with E-state index in [0.717, 1.165) is 17.9 Å². The Kier molecular flexibility index (Phi) is 3.67. The van der Waals surface area contributed by atoms with Gasteiger partial charge in [0.2, 0.25) is 5.84 Å². The third kappa shape index (κ3) is 3.26. The number of nitrogens with one attached hydrogen (secondary N) is 1. The summed E-state index contributed by atoms with van der Waals surface area (Å²) < 4.78 is 0. The standard InChI is InChI=1S/C10H14N4/c1-2-9(14-10(11)12)13-8-6-4-3-5-7-8/h3-7H,2H2,1H3,(H4,11,12,13,14)/p+1. The molecule has 0 aromatic heterocycles. The van der Waals surface area contributed by atoms with Crippen LogP contribution >= 0.6 is 0 Å². The Balaban J connectivity index is 2.90. The molecular formula is C10H15N4+. The molecule has 0 amide bonds. The summed E-state index contributed by atoms with van der Waals surface area (Å²) in [5.41, 5.74) is 11.5. The van der Waals surface area contributed by atoms with Crippen LogP contribution in [0.5, 0.6) is 0 Å². The van der Waals surface area contributed by atoms with Crippen LogP contribution in [0, 0.1) is 0 Å². The van der Waals surface area contributed by atoms with Gasteiger partial charge in [0.05, 0.1) is 0 Å². The Hall–Kier alpha value is -1.84. The van der Waals surface area contributed by atoms with E-state index in [0.29, 0.717) is 0 Å². The summed E-state index contributed by atoms with van der Waals surface area (Å²) in [6.45, 7) is 1.98. The lowest BCUT2D eigenvalue weighted by atomic mass is 10.3. The van der Waals surface area contributed by atoms with E-state index in [9.17, 15) is 0 Å². The lowest BCUT2D eigenvalue weighted by Crippen LogP contribution is -2.81. The summed E-state index contributed by atoms with van der Waals surface area (Å²) in [4.78, 5) is 7.14. The molecule has 74 valence electrons. The van der Waals surface area contributed by atoms with E-state index in [-0.39, 0.29) is 5.96 Å². The van der Waals surface area contributed by atoms with Gasteiger partial charge in [-0.2, -0.15) is 0 Å². The number of benzene rings is 1. The van der Waals surface area contributed by atoms with E-state index in [2.05, 4.69) is 9.98 Å². The number of hydrogen-bond donors (Lipinski definition) is 3. The molecule has 1 aromatic carbocycles. The van der Waals surface area contributed by atoms with Crippen molar-refractivity contribution in [3.63, 3.8) is 0 Å². The normalized spacial score (nSPS) is 11.1. The Morgan fingerprint density at radius 2 is 1.93 bits per heavy atom. The monoisotopic (exact) mass is 191 g/mol. The van der Waals surface area contributed by atoms with E-state index in [4.69, 9.17) is 11.5 Å². The van der Waals surface area contributed by atoms with Gasteiger partial charge in [0.15, 0.2) is 0 Å². The summed E-state index contributed by atoms with van der Waals surface area (Å²) in [7, 11) is 0. The van der Waals surface area contributed by atoms with Gasteiger partial charge in [-0.05, 0) is 12.1 Å². The number of nitrogens with two attached hydrogens (primary N) is 2. The van der Waals surface area contributed by atoms with Crippen LogP contribution in [-0.2, 0) is 0 Å². The van der Waals surface area contributed by atoms with Crippen molar-refractivity contribution in [1.82, 2.24) is 0 Å². The highest BCUT2D eigenvalue weighted by Crippen LogP contribution is 2.09. The predicted octanol–water partition coefficient (Wildman–Crippen LogP) is -0.519. The van der Waals surface area contributed by atoms with Crippen LogP contribution in [0.25, 0.3) is 0 Å². The minimum absolute atomic E-state index is 0.168. The van der Waals surface area contributed by atoms with Crippen LogP contribution in [0.3, 0.4) is 0 Å². The van der Waals surface area contributed by atoms with Crippen molar-refractivity contribution in [2.75, 3.05) is 0 Å². The van der Waals surface area contributed by atoms with Gasteiger partial charge in [-0.1, -0.05) is 25.1 Å². The third-order valence-corrected chi connectivity index (χ3v) is 1.64. The second kappa shape index (κ2) is 5.01. The average Bonchev–Trinajstić information content (AvgIpc) is 2.17. The van der Waals surface area contributed by atoms with Crippen molar-refractivity contribution >= 4 is 17.5 Å². The first kappa shape index (κ1) is 10.2. The van der Waals surface area contributed by atoms with Crippen molar-refractivity contribution in [2.24, 2.45) is 16.5 Å². The van der Waals surface area contributed by atoms with Gasteiger partial charge in [0, 0.05) is 6.42 Å². The summed E-state index contributed by atoms with van der Waals surface area (Å²) in [6, 6.07) is 9.65. The molecule has 0 bridgehead atoms. The molecule has 0 aliphatic carbocycles. The van der Waals surface area contributed by atoms with Gasteiger partial charge in [-0.25, -0.2) is 4.99 Å². The van der Waals surface area contributed by atoms with Crippen LogP contribution in [0.2, 0.25) is 0 Å². The highest BCUT2D eigenvalue weighted by Gasteiger charge is 1.98. The second-order valence-corrected chi connectivity index (χ2v) is 2.83. The van der Waals surface area contributed by atoms with Crippen molar-refractivity contribution in [2.45, 2.75) is 13.3 Å². The molecule has 0 aliphatic heterocycles. The van der Waals surface area contributed by atoms with Gasteiger partial charge in [0.1, 0.15) is 5.69 Å². The third-order valence-electron chi connectivity index (χ3n) is 1.64. The molecule has 1 aromatic rings. The van der Waals surface area contributed by atoms with Gasteiger partial charge in [0.25, 0.3) is 0 Å². The predicted molar refractivity (Wildman–Crippen MR) is 58.2 cm³/mol. The minimum atomic E-state index is 0.168. The number of amidine groups is 1. The molecule has 0 aliphatic rings. The number of hydrogen-bond acceptors (Lipinski definition) is 1. The zero-order valence-corrected chi connectivity index (χ0v) is 8.20. The molecule has 0 heterocycles. The summed E-state index contributed by atoms with van der Waals surface area (Å²) in [5.74, 6) is 0.928. The molecule has 4 heteroatoms. The van der Waals surface area contributed by atoms with E-state index in [1.54, 1.807) is 0 Å². The number of aliphatic imine (C=N–C) groups is 1. The van der Waals surface area contributed by atoms with Crippen molar-refractivity contribution in [1.29, 1.82) is 0 Å². The molecule has 0 radical (unpaired) electrons. The largest absolute Gasteiger partial charge is 0.311 e. The fraction of sp³-hybridized carbons (Fsp3) is 0.200. The number of rotatable bonds is 2.